The van der Waals surface area contributed by atoms with E-state index in [-0.39, 0.29) is 18.3 Å². The van der Waals surface area contributed by atoms with Gasteiger partial charge in [-0.05, 0) is 48.6 Å². The summed E-state index contributed by atoms with van der Waals surface area (Å²) in [5.74, 6) is -0.525. The number of esters is 1. The van der Waals surface area contributed by atoms with Gasteiger partial charge in [0.15, 0.2) is 0 Å². The molecule has 0 fully saturated rings. The first-order valence-electron chi connectivity index (χ1n) is 10.1. The smallest absolute Gasteiger partial charge is 0.341 e. The van der Waals surface area contributed by atoms with E-state index in [9.17, 15) is 9.59 Å². The number of carbonyl (C=O) groups is 2. The van der Waals surface area contributed by atoms with Gasteiger partial charge < -0.3 is 14.5 Å². The topological polar surface area (TPSA) is 68.5 Å². The number of anilines is 1. The number of benzene rings is 2. The maximum absolute atomic E-state index is 12.9. The predicted octanol–water partition coefficient (Wildman–Crippen LogP) is 5.49. The molecule has 5 nitrogen and oxygen atoms in total. The van der Waals surface area contributed by atoms with Gasteiger partial charge in [-0.3, -0.25) is 4.79 Å². The minimum Gasteiger partial charge on any atom is -0.464 e. The number of rotatable bonds is 5. The van der Waals surface area contributed by atoms with Gasteiger partial charge in [-0.1, -0.05) is 30.3 Å². The van der Waals surface area contributed by atoms with E-state index in [4.69, 9.17) is 9.15 Å². The van der Waals surface area contributed by atoms with Crippen LogP contribution in [0.3, 0.4) is 0 Å². The molecule has 0 atom stereocenters. The van der Waals surface area contributed by atoms with E-state index in [0.717, 1.165) is 52.1 Å². The molecule has 5 rings (SSSR count). The fourth-order valence-electron chi connectivity index (χ4n) is 4.26. The van der Waals surface area contributed by atoms with Gasteiger partial charge in [0, 0.05) is 15.8 Å². The molecule has 2 heterocycles. The number of nitrogens with one attached hydrogen (secondary N) is 1. The summed E-state index contributed by atoms with van der Waals surface area (Å²) in [6.07, 6.45) is 4.66. The summed E-state index contributed by atoms with van der Waals surface area (Å²) in [4.78, 5) is 26.6. The van der Waals surface area contributed by atoms with Crippen LogP contribution in [0.5, 0.6) is 0 Å². The second-order valence-electron chi connectivity index (χ2n) is 7.43. The van der Waals surface area contributed by atoms with Crippen molar-refractivity contribution < 1.29 is 18.7 Å². The minimum absolute atomic E-state index is 0.170. The van der Waals surface area contributed by atoms with Crippen LogP contribution in [-0.4, -0.2) is 18.5 Å². The maximum Gasteiger partial charge on any atom is 0.341 e. The molecule has 1 aliphatic carbocycles. The van der Waals surface area contributed by atoms with Crippen molar-refractivity contribution in [2.24, 2.45) is 0 Å². The highest BCUT2D eigenvalue weighted by Gasteiger charge is 2.28. The molecule has 0 spiro atoms. The summed E-state index contributed by atoms with van der Waals surface area (Å²) in [7, 11) is 0. The monoisotopic (exact) mass is 419 g/mol. The lowest BCUT2D eigenvalue weighted by Crippen LogP contribution is -2.16. The van der Waals surface area contributed by atoms with Gasteiger partial charge >= 0.3 is 5.97 Å². The highest BCUT2D eigenvalue weighted by atomic mass is 32.1. The number of carbonyl (C=O) groups excluding carboxylic acids is 2. The van der Waals surface area contributed by atoms with E-state index in [0.29, 0.717) is 17.2 Å². The molecule has 2 aromatic heterocycles. The van der Waals surface area contributed by atoms with Crippen LogP contribution < -0.4 is 5.32 Å². The van der Waals surface area contributed by atoms with Crippen LogP contribution in [0, 0.1) is 0 Å². The Labute approximate surface area is 177 Å². The third kappa shape index (κ3) is 3.17. The van der Waals surface area contributed by atoms with Gasteiger partial charge in [0.1, 0.15) is 10.6 Å². The fourth-order valence-corrected chi connectivity index (χ4v) is 5.55. The number of furan rings is 1. The quantitative estimate of drug-likeness (QED) is 0.434. The van der Waals surface area contributed by atoms with Gasteiger partial charge in [-0.15, -0.1) is 11.3 Å². The molecule has 1 aliphatic rings. The molecule has 30 heavy (non-hydrogen) atoms. The van der Waals surface area contributed by atoms with Crippen LogP contribution in [0.1, 0.15) is 39.7 Å². The van der Waals surface area contributed by atoms with Gasteiger partial charge in [0.2, 0.25) is 5.91 Å². The average molecular weight is 420 g/mol. The van der Waals surface area contributed by atoms with Crippen LogP contribution in [0.15, 0.2) is 47.1 Å². The van der Waals surface area contributed by atoms with E-state index >= 15 is 0 Å². The standard InChI is InChI=1S/C24H21NO4S/c1-2-28-24(27)22-17-8-5-9-19(17)30-23(22)25-20(26)12-15-13-29-18-11-10-14-6-3-4-7-16(14)21(15)18/h3-4,6-7,10-11,13H,2,5,8-9,12H2,1H3,(H,25,26). The lowest BCUT2D eigenvalue weighted by molar-refractivity contribution is -0.115. The molecule has 0 saturated carbocycles. The van der Waals surface area contributed by atoms with Gasteiger partial charge in [0.05, 0.1) is 24.9 Å². The summed E-state index contributed by atoms with van der Waals surface area (Å²) >= 11 is 1.49. The van der Waals surface area contributed by atoms with E-state index in [1.54, 1.807) is 13.2 Å². The Morgan fingerprint density at radius 3 is 2.90 bits per heavy atom. The van der Waals surface area contributed by atoms with Crippen molar-refractivity contribution in [3.63, 3.8) is 0 Å². The molecule has 0 bridgehead atoms. The summed E-state index contributed by atoms with van der Waals surface area (Å²) in [6, 6.07) is 12.0. The van der Waals surface area contributed by atoms with Crippen molar-refractivity contribution in [1.29, 1.82) is 0 Å². The molecule has 152 valence electrons. The van der Waals surface area contributed by atoms with Crippen molar-refractivity contribution in [1.82, 2.24) is 0 Å². The zero-order chi connectivity index (χ0) is 20.7. The average Bonchev–Trinajstić information content (AvgIpc) is 3.43. The third-order valence-corrected chi connectivity index (χ3v) is 6.75. The van der Waals surface area contributed by atoms with E-state index in [1.807, 2.05) is 36.4 Å². The van der Waals surface area contributed by atoms with Crippen LogP contribution in [0.4, 0.5) is 5.00 Å². The Morgan fingerprint density at radius 1 is 1.17 bits per heavy atom. The number of aryl methyl sites for hydroxylation is 1. The van der Waals surface area contributed by atoms with Crippen molar-refractivity contribution >= 4 is 50.0 Å². The molecule has 6 heteroatoms. The molecular formula is C24H21NO4S. The molecule has 0 radical (unpaired) electrons. The second kappa shape index (κ2) is 7.61. The largest absolute Gasteiger partial charge is 0.464 e. The summed E-state index contributed by atoms with van der Waals surface area (Å²) in [5.41, 5.74) is 3.17. The second-order valence-corrected chi connectivity index (χ2v) is 8.53. The van der Waals surface area contributed by atoms with Gasteiger partial charge in [0.25, 0.3) is 0 Å². The highest BCUT2D eigenvalue weighted by molar-refractivity contribution is 7.17. The van der Waals surface area contributed by atoms with Crippen molar-refractivity contribution in [3.8, 4) is 0 Å². The molecule has 4 aromatic rings. The zero-order valence-corrected chi connectivity index (χ0v) is 17.4. The molecule has 1 N–H and O–H groups in total. The van der Waals surface area contributed by atoms with Crippen molar-refractivity contribution in [2.45, 2.75) is 32.6 Å². The lowest BCUT2D eigenvalue weighted by atomic mass is 10.0. The first-order chi connectivity index (χ1) is 14.7. The van der Waals surface area contributed by atoms with Gasteiger partial charge in [-0.2, -0.15) is 0 Å². The lowest BCUT2D eigenvalue weighted by Gasteiger charge is -2.08. The maximum atomic E-state index is 12.9. The highest BCUT2D eigenvalue weighted by Crippen LogP contribution is 2.39. The van der Waals surface area contributed by atoms with E-state index in [2.05, 4.69) is 5.32 Å². The molecule has 2 aromatic carbocycles. The Kier molecular flexibility index (Phi) is 4.79. The molecule has 1 amide bonds. The van der Waals surface area contributed by atoms with Crippen molar-refractivity contribution in [2.75, 3.05) is 11.9 Å². The van der Waals surface area contributed by atoms with E-state index in [1.165, 1.54) is 16.2 Å². The molecule has 0 saturated heterocycles. The number of hydrogen-bond donors (Lipinski definition) is 1. The number of hydrogen-bond acceptors (Lipinski definition) is 5. The molecular weight excluding hydrogens is 398 g/mol. The van der Waals surface area contributed by atoms with Crippen molar-refractivity contribution in [3.05, 3.63) is 64.2 Å². The summed E-state index contributed by atoms with van der Waals surface area (Å²) < 4.78 is 10.9. The SMILES string of the molecule is CCOC(=O)c1c(NC(=O)Cc2coc3ccc4ccccc4c23)sc2c1CCC2. The van der Waals surface area contributed by atoms with Gasteiger partial charge in [-0.25, -0.2) is 4.79 Å². The van der Waals surface area contributed by atoms with E-state index < -0.39 is 0 Å². The predicted molar refractivity (Wildman–Crippen MR) is 118 cm³/mol. The van der Waals surface area contributed by atoms with Crippen LogP contribution in [0.25, 0.3) is 21.7 Å². The summed E-state index contributed by atoms with van der Waals surface area (Å²) in [5, 5.41) is 6.69. The van der Waals surface area contributed by atoms with Crippen LogP contribution in [-0.2, 0) is 28.8 Å². The minimum atomic E-state index is -0.355. The number of ether oxygens (including phenoxy) is 1. The Balaban J connectivity index is 1.45. The first-order valence-corrected chi connectivity index (χ1v) is 11.0. The molecule has 0 unspecified atom stereocenters. The number of amides is 1. The third-order valence-electron chi connectivity index (χ3n) is 5.54. The number of thiophene rings is 1. The Bertz CT molecular complexity index is 1280. The van der Waals surface area contributed by atoms with Crippen LogP contribution >= 0.6 is 11.3 Å². The summed E-state index contributed by atoms with van der Waals surface area (Å²) in [6.45, 7) is 2.10. The Hall–Kier alpha value is -3.12. The van der Waals surface area contributed by atoms with Crippen LogP contribution in [0.2, 0.25) is 0 Å². The fraction of sp³-hybridized carbons (Fsp3) is 0.250. The molecule has 0 aliphatic heterocycles. The Morgan fingerprint density at radius 2 is 2.03 bits per heavy atom. The normalized spacial score (nSPS) is 13.0. The zero-order valence-electron chi connectivity index (χ0n) is 16.6. The number of fused-ring (bicyclic) bond motifs is 4. The first kappa shape index (κ1) is 18.9.